The minimum atomic E-state index is -0.382. The van der Waals surface area contributed by atoms with Crippen molar-refractivity contribution < 1.29 is 8.83 Å². The van der Waals surface area contributed by atoms with Crippen molar-refractivity contribution in [3.63, 3.8) is 0 Å². The number of hydrogen-bond donors (Lipinski definition) is 0. The Kier molecular flexibility index (Phi) is 6.38. The summed E-state index contributed by atoms with van der Waals surface area (Å²) in [5, 5.41) is 4.48. The van der Waals surface area contributed by atoms with Crippen molar-refractivity contribution in [3.05, 3.63) is 199 Å². The largest absolute Gasteiger partial charge is 0.456 e. The quantitative estimate of drug-likeness (QED) is 0.181. The Hall–Kier alpha value is -6.84. The maximum Gasteiger partial charge on any atom is 0.136 e. The molecule has 0 fully saturated rings. The summed E-state index contributed by atoms with van der Waals surface area (Å²) >= 11 is 0. The van der Waals surface area contributed by atoms with Gasteiger partial charge >= 0.3 is 0 Å². The summed E-state index contributed by atoms with van der Waals surface area (Å²) in [6, 6.07) is 65.1. The van der Waals surface area contributed by atoms with E-state index in [4.69, 9.17) is 8.83 Å². The van der Waals surface area contributed by atoms with Gasteiger partial charge in [-0.1, -0.05) is 121 Å². The van der Waals surface area contributed by atoms with E-state index in [-0.39, 0.29) is 5.41 Å². The lowest BCUT2D eigenvalue weighted by Gasteiger charge is -2.31. The van der Waals surface area contributed by atoms with E-state index in [0.717, 1.165) is 66.5 Å². The molecule has 0 unspecified atom stereocenters. The molecule has 3 heteroatoms. The summed E-state index contributed by atoms with van der Waals surface area (Å²) in [6.45, 7) is 2.39. The van der Waals surface area contributed by atoms with Gasteiger partial charge in [0.15, 0.2) is 0 Å². The van der Waals surface area contributed by atoms with Crippen LogP contribution in [0.3, 0.4) is 0 Å². The minimum absolute atomic E-state index is 0.382. The first-order valence-corrected chi connectivity index (χ1v) is 18.2. The molecule has 53 heavy (non-hydrogen) atoms. The third-order valence-electron chi connectivity index (χ3n) is 11.4. The van der Waals surface area contributed by atoms with Crippen LogP contribution in [-0.4, -0.2) is 0 Å². The molecule has 0 radical (unpaired) electrons. The van der Waals surface area contributed by atoms with Gasteiger partial charge in [-0.25, -0.2) is 0 Å². The van der Waals surface area contributed by atoms with Crippen LogP contribution >= 0.6 is 0 Å². The number of benzene rings is 8. The highest BCUT2D eigenvalue weighted by Crippen LogP contribution is 2.55. The Morgan fingerprint density at radius 1 is 0.396 bits per heavy atom. The molecule has 3 nitrogen and oxygen atoms in total. The predicted molar refractivity (Wildman–Crippen MR) is 219 cm³/mol. The maximum atomic E-state index is 6.52. The van der Waals surface area contributed by atoms with Crippen molar-refractivity contribution in [1.82, 2.24) is 0 Å². The normalized spacial score (nSPS) is 13.2. The van der Waals surface area contributed by atoms with Gasteiger partial charge in [0.2, 0.25) is 0 Å². The molecule has 0 atom stereocenters. The average Bonchev–Trinajstić information content (AvgIpc) is 3.87. The molecule has 0 N–H and O–H groups in total. The van der Waals surface area contributed by atoms with E-state index in [1.165, 1.54) is 33.4 Å². The van der Waals surface area contributed by atoms with E-state index < -0.39 is 0 Å². The lowest BCUT2D eigenvalue weighted by molar-refractivity contribution is 0.667. The van der Waals surface area contributed by atoms with E-state index in [0.29, 0.717) is 0 Å². The number of rotatable bonds is 5. The molecule has 0 bridgehead atoms. The highest BCUT2D eigenvalue weighted by Gasteiger charge is 2.42. The number of fused-ring (bicyclic) bond motifs is 9. The fourth-order valence-corrected chi connectivity index (χ4v) is 8.93. The van der Waals surface area contributed by atoms with Crippen molar-refractivity contribution in [3.8, 4) is 22.3 Å². The van der Waals surface area contributed by atoms with E-state index in [9.17, 15) is 0 Å². The first-order valence-electron chi connectivity index (χ1n) is 18.2. The summed E-state index contributed by atoms with van der Waals surface area (Å²) in [7, 11) is 0. The molecule has 0 saturated heterocycles. The topological polar surface area (TPSA) is 29.5 Å². The van der Waals surface area contributed by atoms with Crippen molar-refractivity contribution in [1.29, 1.82) is 0 Å². The van der Waals surface area contributed by atoms with Crippen LogP contribution in [0.5, 0.6) is 0 Å². The van der Waals surface area contributed by atoms with Crippen LogP contribution < -0.4 is 4.90 Å². The van der Waals surface area contributed by atoms with E-state index in [1.54, 1.807) is 0 Å². The molecular formula is C50H33NO2. The van der Waals surface area contributed by atoms with Gasteiger partial charge in [-0.3, -0.25) is 0 Å². The molecule has 250 valence electrons. The number of furan rings is 2. The van der Waals surface area contributed by atoms with Crippen molar-refractivity contribution in [2.75, 3.05) is 4.90 Å². The van der Waals surface area contributed by atoms with Crippen molar-refractivity contribution >= 4 is 60.9 Å². The third kappa shape index (κ3) is 4.34. The molecule has 1 aliphatic rings. The molecule has 0 aliphatic heterocycles. The first kappa shape index (κ1) is 29.8. The van der Waals surface area contributed by atoms with Gasteiger partial charge in [-0.2, -0.15) is 0 Å². The monoisotopic (exact) mass is 679 g/mol. The van der Waals surface area contributed by atoms with Crippen LogP contribution in [0.4, 0.5) is 17.1 Å². The molecule has 0 amide bonds. The molecule has 10 aromatic rings. The van der Waals surface area contributed by atoms with Gasteiger partial charge < -0.3 is 13.7 Å². The lowest BCUT2D eigenvalue weighted by atomic mass is 9.71. The van der Waals surface area contributed by atoms with Crippen LogP contribution in [-0.2, 0) is 5.41 Å². The molecule has 1 aliphatic carbocycles. The van der Waals surface area contributed by atoms with Crippen LogP contribution in [0.1, 0.15) is 23.6 Å². The smallest absolute Gasteiger partial charge is 0.136 e. The summed E-state index contributed by atoms with van der Waals surface area (Å²) < 4.78 is 12.7. The maximum absolute atomic E-state index is 6.52. The Morgan fingerprint density at radius 2 is 0.925 bits per heavy atom. The first-order chi connectivity index (χ1) is 26.2. The molecule has 8 aromatic carbocycles. The summed E-state index contributed by atoms with van der Waals surface area (Å²) in [4.78, 5) is 2.32. The predicted octanol–water partition coefficient (Wildman–Crippen LogP) is 14.0. The lowest BCUT2D eigenvalue weighted by Crippen LogP contribution is -2.23. The highest BCUT2D eigenvalue weighted by atomic mass is 16.3. The number of hydrogen-bond acceptors (Lipinski definition) is 3. The molecule has 0 spiro atoms. The van der Waals surface area contributed by atoms with Gasteiger partial charge in [0.25, 0.3) is 0 Å². The number of nitrogens with zero attached hydrogens (tertiary/aromatic N) is 1. The Morgan fingerprint density at radius 3 is 1.66 bits per heavy atom. The van der Waals surface area contributed by atoms with E-state index in [2.05, 4.69) is 176 Å². The summed E-state index contributed by atoms with van der Waals surface area (Å²) in [6.07, 6.45) is 0. The second kappa shape index (κ2) is 11.3. The zero-order valence-corrected chi connectivity index (χ0v) is 29.1. The summed E-state index contributed by atoms with van der Waals surface area (Å²) in [5.41, 5.74) is 15.3. The van der Waals surface area contributed by atoms with Gasteiger partial charge in [-0.15, -0.1) is 0 Å². The molecule has 2 aromatic heterocycles. The van der Waals surface area contributed by atoms with E-state index >= 15 is 0 Å². The Labute approximate surface area is 307 Å². The van der Waals surface area contributed by atoms with Crippen LogP contribution in [0.2, 0.25) is 0 Å². The zero-order chi connectivity index (χ0) is 35.1. The number of anilines is 3. The fourth-order valence-electron chi connectivity index (χ4n) is 8.93. The standard InChI is InChI=1S/C50H33NO2/c1-50(41-19-9-5-15-36(41)37-16-6-10-20-42(37)50)43-28-30-47-49(39-18-8-12-22-45(39)53-47)48(43)32-23-25-34(26-24-32)51(33-13-3-2-4-14-33)35-27-29-46-40(31-35)38-17-7-11-21-44(38)52-46/h2-31H,1H3. The number of para-hydroxylation sites is 3. The minimum Gasteiger partial charge on any atom is -0.456 e. The highest BCUT2D eigenvalue weighted by molar-refractivity contribution is 6.14. The van der Waals surface area contributed by atoms with Crippen LogP contribution in [0.15, 0.2) is 191 Å². The third-order valence-corrected chi connectivity index (χ3v) is 11.4. The fraction of sp³-hybridized carbons (Fsp3) is 0.0400. The van der Waals surface area contributed by atoms with Gasteiger partial charge in [0, 0.05) is 44.0 Å². The second-order valence-electron chi connectivity index (χ2n) is 14.2. The van der Waals surface area contributed by atoms with Gasteiger partial charge in [-0.05, 0) is 107 Å². The Bertz CT molecular complexity index is 2980. The summed E-state index contributed by atoms with van der Waals surface area (Å²) in [5.74, 6) is 0. The zero-order valence-electron chi connectivity index (χ0n) is 29.1. The average molecular weight is 680 g/mol. The van der Waals surface area contributed by atoms with Crippen LogP contribution in [0, 0.1) is 0 Å². The van der Waals surface area contributed by atoms with Gasteiger partial charge in [0.05, 0.1) is 0 Å². The SMILES string of the molecule is CC1(c2ccc3oc4ccccc4c3c2-c2ccc(N(c3ccccc3)c3ccc4oc5ccccc5c4c3)cc2)c2ccccc2-c2ccccc21. The molecule has 0 saturated carbocycles. The van der Waals surface area contributed by atoms with Crippen molar-refractivity contribution in [2.45, 2.75) is 12.3 Å². The van der Waals surface area contributed by atoms with E-state index in [1.807, 2.05) is 18.2 Å². The molecular weight excluding hydrogens is 647 g/mol. The van der Waals surface area contributed by atoms with Gasteiger partial charge in [0.1, 0.15) is 22.3 Å². The molecule has 2 heterocycles. The van der Waals surface area contributed by atoms with Crippen LogP contribution in [0.25, 0.3) is 66.1 Å². The Balaban J connectivity index is 1.13. The second-order valence-corrected chi connectivity index (χ2v) is 14.2. The molecule has 11 rings (SSSR count). The van der Waals surface area contributed by atoms with Crippen molar-refractivity contribution in [2.24, 2.45) is 0 Å².